The maximum absolute atomic E-state index is 11.8. The average molecular weight is 1020 g/mol. The number of hydrogen-bond donors (Lipinski definition) is 0. The van der Waals surface area contributed by atoms with E-state index in [0.717, 1.165) is 22.2 Å². The Morgan fingerprint density at radius 1 is 0.613 bits per heavy atom. The van der Waals surface area contributed by atoms with Gasteiger partial charge in [0.05, 0.1) is 23.4 Å². The summed E-state index contributed by atoms with van der Waals surface area (Å²) in [5.74, 6) is -0.689. The van der Waals surface area contributed by atoms with Crippen LogP contribution in [-0.2, 0) is 122 Å². The standard InChI is InChI=1S/C25H36BO8.C20H27O6.2Y/c1-14-12-19(26-33-24(6,7)25(8,9)34-26)10-11-20(14)31-23-22(30-18(5)28)16(3)15(2)21(32-23)13-29-17(4)27;1-11-7-8-17(12(2)9-11)25-20-19(24-16(6)22)14(4)13(3)18(26-20)10-23-15(5)21;;/h10,12,15-16,21-23H,13H2,1-9H3;7,9,13-14,18-20H,10H2,1-6H3;;/q2*-1;;/t15-,16-,21?,22?,23-;13-,14-,18?,19?,20-;;/m00../s1. The van der Waals surface area contributed by atoms with Crippen LogP contribution in [0, 0.1) is 56.6 Å². The number of carbonyl (C=O) groups excluding carboxylic acids is 4. The van der Waals surface area contributed by atoms with Gasteiger partial charge in [-0.1, -0.05) is 48.5 Å². The van der Waals surface area contributed by atoms with Gasteiger partial charge in [-0.25, -0.2) is 0 Å². The van der Waals surface area contributed by atoms with E-state index >= 15 is 0 Å². The van der Waals surface area contributed by atoms with E-state index in [0.29, 0.717) is 11.5 Å². The van der Waals surface area contributed by atoms with E-state index in [1.54, 1.807) is 6.07 Å². The van der Waals surface area contributed by atoms with Crippen LogP contribution in [0.1, 0.15) is 99.8 Å². The zero-order valence-corrected chi connectivity index (χ0v) is 44.6. The first-order chi connectivity index (χ1) is 27.9. The predicted octanol–water partition coefficient (Wildman–Crippen LogP) is 5.93. The van der Waals surface area contributed by atoms with Crippen LogP contribution in [0.3, 0.4) is 0 Å². The second kappa shape index (κ2) is 24.0. The molecule has 0 aliphatic carbocycles. The van der Waals surface area contributed by atoms with Gasteiger partial charge in [-0.15, -0.1) is 28.7 Å². The van der Waals surface area contributed by atoms with Gasteiger partial charge >= 0.3 is 31.0 Å². The van der Waals surface area contributed by atoms with Crippen molar-refractivity contribution in [3.8, 4) is 11.5 Å². The molecule has 10 atom stereocenters. The van der Waals surface area contributed by atoms with Gasteiger partial charge < -0.3 is 47.2 Å². The van der Waals surface area contributed by atoms with Crippen LogP contribution in [0.25, 0.3) is 0 Å². The first-order valence-electron chi connectivity index (χ1n) is 20.5. The minimum absolute atomic E-state index is 0. The Morgan fingerprint density at radius 2 is 1.00 bits per heavy atom. The van der Waals surface area contributed by atoms with Crippen LogP contribution in [0.4, 0.5) is 0 Å². The monoisotopic (exact) mass is 1020 g/mol. The Labute approximate surface area is 418 Å². The number of hydrogen-bond acceptors (Lipinski definition) is 14. The van der Waals surface area contributed by atoms with E-state index in [9.17, 15) is 19.2 Å². The Balaban J connectivity index is 0.000000427. The molecule has 0 amide bonds. The zero-order valence-electron chi connectivity index (χ0n) is 38.9. The van der Waals surface area contributed by atoms with E-state index in [-0.39, 0.29) is 120 Å². The minimum Gasteiger partial charge on any atom is -0.486 e. The molecule has 0 saturated carbocycles. The molecule has 0 N–H and O–H groups in total. The maximum Gasteiger partial charge on any atom is 0.419 e. The zero-order chi connectivity index (χ0) is 44.9. The second-order valence-corrected chi connectivity index (χ2v) is 17.2. The van der Waals surface area contributed by atoms with Gasteiger partial charge in [0.15, 0.2) is 12.2 Å². The molecule has 14 nitrogen and oxygen atoms in total. The summed E-state index contributed by atoms with van der Waals surface area (Å²) in [5, 5.41) is 0. The smallest absolute Gasteiger partial charge is 0.419 e. The van der Waals surface area contributed by atoms with Gasteiger partial charge in [0.2, 0.25) is 12.6 Å². The number of carbonyl (C=O) groups is 4. The molecule has 5 rings (SSSR count). The minimum atomic E-state index is -0.881. The fourth-order valence-electron chi connectivity index (χ4n) is 7.16. The van der Waals surface area contributed by atoms with E-state index in [2.05, 4.69) is 12.1 Å². The summed E-state index contributed by atoms with van der Waals surface area (Å²) >= 11 is 0. The summed E-state index contributed by atoms with van der Waals surface area (Å²) in [7, 11) is -0.511. The molecule has 0 spiro atoms. The molecule has 338 valence electrons. The van der Waals surface area contributed by atoms with Crippen molar-refractivity contribution in [1.29, 1.82) is 0 Å². The molecular formula is C45H63BO14Y2-2. The quantitative estimate of drug-likeness (QED) is 0.113. The summed E-state index contributed by atoms with van der Waals surface area (Å²) in [6.07, 6.45) is -3.63. The molecule has 4 unspecified atom stereocenters. The average Bonchev–Trinajstić information content (AvgIpc) is 3.37. The Hall–Kier alpha value is -1.97. The van der Waals surface area contributed by atoms with Crippen LogP contribution in [0.5, 0.6) is 11.5 Å². The second-order valence-electron chi connectivity index (χ2n) is 17.2. The van der Waals surface area contributed by atoms with E-state index < -0.39 is 61.2 Å². The number of esters is 4. The summed E-state index contributed by atoms with van der Waals surface area (Å²) in [4.78, 5) is 45.8. The molecule has 3 fully saturated rings. The number of rotatable bonds is 11. The third-order valence-corrected chi connectivity index (χ3v) is 11.9. The van der Waals surface area contributed by atoms with Gasteiger partial charge in [0.1, 0.15) is 13.2 Å². The van der Waals surface area contributed by atoms with Crippen molar-refractivity contribution in [2.75, 3.05) is 13.2 Å². The maximum atomic E-state index is 11.8. The van der Waals surface area contributed by atoms with Crippen molar-refractivity contribution in [1.82, 2.24) is 0 Å². The summed E-state index contributed by atoms with van der Waals surface area (Å²) < 4.78 is 58.0. The molecule has 2 aromatic carbocycles. The largest absolute Gasteiger partial charge is 0.486 e. The number of benzene rings is 2. The summed E-state index contributed by atoms with van der Waals surface area (Å²) in [6.45, 7) is 27.4. The van der Waals surface area contributed by atoms with Crippen molar-refractivity contribution < 1.29 is 132 Å². The first-order valence-corrected chi connectivity index (χ1v) is 20.5. The van der Waals surface area contributed by atoms with Crippen molar-refractivity contribution in [3.05, 3.63) is 53.1 Å². The Kier molecular flexibility index (Phi) is 21.7. The van der Waals surface area contributed by atoms with Crippen LogP contribution < -0.4 is 14.9 Å². The Morgan fingerprint density at radius 3 is 1.35 bits per heavy atom. The van der Waals surface area contributed by atoms with E-state index in [1.165, 1.54) is 27.7 Å². The molecular weight excluding hydrogens is 953 g/mol. The molecule has 62 heavy (non-hydrogen) atoms. The van der Waals surface area contributed by atoms with Crippen molar-refractivity contribution in [2.24, 2.45) is 23.7 Å². The van der Waals surface area contributed by atoms with Crippen molar-refractivity contribution in [3.63, 3.8) is 0 Å². The fourth-order valence-corrected chi connectivity index (χ4v) is 7.16. The van der Waals surface area contributed by atoms with Crippen LogP contribution in [0.15, 0.2) is 24.3 Å². The third-order valence-electron chi connectivity index (χ3n) is 11.9. The van der Waals surface area contributed by atoms with Crippen molar-refractivity contribution >= 4 is 36.5 Å². The molecule has 0 aromatic heterocycles. The molecule has 2 aromatic rings. The van der Waals surface area contributed by atoms with Crippen LogP contribution >= 0.6 is 0 Å². The number of ether oxygens (including phenoxy) is 8. The SMILES string of the molecule is CC(=O)OCC1O[C@H](Oc2[c-]cc(B3OC(C)(C)C(C)(C)O3)cc2C)C(OC(C)=O)[C@@H](C)[C@@H]1C.CC(=O)OCC1O[C@H](Oc2[c-]cc(C)cc2C)C(OC(C)=O)[C@@H](C)[C@@H]1C.[Y].[Y]. The molecule has 3 aliphatic heterocycles. The van der Waals surface area contributed by atoms with Crippen LogP contribution in [-0.4, -0.2) is 92.4 Å². The number of aryl methyl sites for hydroxylation is 3. The molecule has 0 bridgehead atoms. The van der Waals surface area contributed by atoms with Gasteiger partial charge in [-0.3, -0.25) is 19.2 Å². The molecule has 17 heteroatoms. The summed E-state index contributed by atoms with van der Waals surface area (Å²) in [6, 6.07) is 13.8. The molecule has 3 saturated heterocycles. The molecule has 2 radical (unpaired) electrons. The molecule has 3 aliphatic rings. The van der Waals surface area contributed by atoms with Gasteiger partial charge in [0, 0.05) is 116 Å². The third kappa shape index (κ3) is 14.8. The van der Waals surface area contributed by atoms with Crippen LogP contribution in [0.2, 0.25) is 0 Å². The van der Waals surface area contributed by atoms with Gasteiger partial charge in [-0.05, 0) is 39.5 Å². The Bertz CT molecular complexity index is 1820. The summed E-state index contributed by atoms with van der Waals surface area (Å²) in [5.41, 5.74) is 2.73. The normalized spacial score (nSPS) is 28.3. The van der Waals surface area contributed by atoms with Crippen molar-refractivity contribution in [2.45, 2.75) is 152 Å². The van der Waals surface area contributed by atoms with Gasteiger partial charge in [-0.2, -0.15) is 29.8 Å². The van der Waals surface area contributed by atoms with Gasteiger partial charge in [0.25, 0.3) is 0 Å². The van der Waals surface area contributed by atoms with E-state index in [1.807, 2.05) is 94.4 Å². The predicted molar refractivity (Wildman–Crippen MR) is 220 cm³/mol. The molecule has 3 heterocycles. The first kappa shape index (κ1) is 56.2. The van der Waals surface area contributed by atoms with E-state index in [4.69, 9.17) is 47.2 Å². The fraction of sp³-hybridized carbons (Fsp3) is 0.644. The topological polar surface area (TPSA) is 161 Å².